The Morgan fingerprint density at radius 1 is 1.30 bits per heavy atom. The highest BCUT2D eigenvalue weighted by molar-refractivity contribution is 8.00. The molecule has 0 aliphatic rings. The van der Waals surface area contributed by atoms with Gasteiger partial charge in [0.25, 0.3) is 5.91 Å². The van der Waals surface area contributed by atoms with E-state index < -0.39 is 27.5 Å². The predicted octanol–water partition coefficient (Wildman–Crippen LogP) is 2.37. The van der Waals surface area contributed by atoms with Gasteiger partial charge in [0.15, 0.2) is 6.10 Å². The maximum absolute atomic E-state index is 13.9. The molecule has 0 fully saturated rings. The topological polar surface area (TPSA) is 125 Å². The molecule has 0 radical (unpaired) electrons. The van der Waals surface area contributed by atoms with Crippen LogP contribution in [0.25, 0.3) is 10.9 Å². The maximum Gasteiger partial charge on any atom is 0.260 e. The van der Waals surface area contributed by atoms with Crippen molar-refractivity contribution in [1.82, 2.24) is 15.3 Å². The van der Waals surface area contributed by atoms with Crippen LogP contribution < -0.4 is 20.1 Å². The maximum atomic E-state index is 13.9. The Morgan fingerprint density at radius 2 is 2.06 bits per heavy atom. The van der Waals surface area contributed by atoms with Crippen LogP contribution in [0.1, 0.15) is 12.5 Å². The van der Waals surface area contributed by atoms with Gasteiger partial charge >= 0.3 is 0 Å². The summed E-state index contributed by atoms with van der Waals surface area (Å²) < 4.78 is 34.5. The molecular weight excluding hydrogens is 449 g/mol. The minimum atomic E-state index is -2.46. The molecule has 0 aliphatic heterocycles. The van der Waals surface area contributed by atoms with Crippen LogP contribution >= 0.6 is 0 Å². The van der Waals surface area contributed by atoms with Crippen molar-refractivity contribution in [3.05, 3.63) is 48.0 Å². The molecule has 1 heterocycles. The second kappa shape index (κ2) is 10.0. The van der Waals surface area contributed by atoms with E-state index in [0.29, 0.717) is 28.1 Å². The van der Waals surface area contributed by atoms with Crippen LogP contribution in [-0.2, 0) is 14.5 Å². The molecule has 176 valence electrons. The zero-order chi connectivity index (χ0) is 24.2. The zero-order valence-corrected chi connectivity index (χ0v) is 19.3. The van der Waals surface area contributed by atoms with E-state index in [4.69, 9.17) is 9.84 Å². The molecule has 1 amide bonds. The van der Waals surface area contributed by atoms with Crippen molar-refractivity contribution >= 4 is 49.6 Å². The first-order valence-electron chi connectivity index (χ1n) is 10.0. The van der Waals surface area contributed by atoms with E-state index in [1.807, 2.05) is 6.92 Å². The summed E-state index contributed by atoms with van der Waals surface area (Å²) in [7, 11) is -2.46. The van der Waals surface area contributed by atoms with Gasteiger partial charge in [-0.1, -0.05) is 0 Å². The van der Waals surface area contributed by atoms with Crippen molar-refractivity contribution in [2.45, 2.75) is 20.0 Å². The molecule has 0 aliphatic carbocycles. The molecule has 0 saturated heterocycles. The first-order valence-corrected chi connectivity index (χ1v) is 12.2. The van der Waals surface area contributed by atoms with Crippen LogP contribution in [-0.4, -0.2) is 56.6 Å². The van der Waals surface area contributed by atoms with Gasteiger partial charge in [0.1, 0.15) is 23.7 Å². The van der Waals surface area contributed by atoms with Gasteiger partial charge < -0.3 is 25.2 Å². The van der Waals surface area contributed by atoms with E-state index >= 15 is 0 Å². The van der Waals surface area contributed by atoms with E-state index in [1.54, 1.807) is 12.1 Å². The highest BCUT2D eigenvalue weighted by Gasteiger charge is 2.18. The molecule has 0 bridgehead atoms. The fraction of sp³-hybridized carbons (Fsp3) is 0.273. The molecule has 3 aromatic rings. The van der Waals surface area contributed by atoms with Crippen molar-refractivity contribution in [2.24, 2.45) is 0 Å². The predicted molar refractivity (Wildman–Crippen MR) is 129 cm³/mol. The van der Waals surface area contributed by atoms with Crippen molar-refractivity contribution in [1.29, 1.82) is 0 Å². The Labute approximate surface area is 191 Å². The number of carbonyl (C=O) groups is 1. The minimum absolute atomic E-state index is 0.0882. The molecule has 9 nitrogen and oxygen atoms in total. The number of aromatic nitrogens is 2. The number of anilines is 3. The van der Waals surface area contributed by atoms with Gasteiger partial charge in [-0.25, -0.2) is 18.6 Å². The van der Waals surface area contributed by atoms with E-state index in [9.17, 15) is 13.4 Å². The summed E-state index contributed by atoms with van der Waals surface area (Å²) in [6, 6.07) is 7.45. The van der Waals surface area contributed by atoms with Crippen molar-refractivity contribution in [3.8, 4) is 5.75 Å². The average molecular weight is 476 g/mol. The zero-order valence-electron chi connectivity index (χ0n) is 18.5. The average Bonchev–Trinajstić information content (AvgIpc) is 2.72. The van der Waals surface area contributed by atoms with E-state index in [2.05, 4.69) is 31.2 Å². The Hall–Kier alpha value is -3.44. The molecular formula is C22H26FN5O4S. The number of benzene rings is 2. The van der Waals surface area contributed by atoms with Gasteiger partial charge in [0.2, 0.25) is 0 Å². The van der Waals surface area contributed by atoms with Crippen LogP contribution in [0.3, 0.4) is 0 Å². The number of aliphatic hydroxyl groups excluding tert-OH is 1. The number of aliphatic hydroxyl groups is 1. The number of hydrogen-bond donors (Lipinski definition) is 4. The van der Waals surface area contributed by atoms with E-state index in [0.717, 1.165) is 5.56 Å². The lowest BCUT2D eigenvalue weighted by atomic mass is 10.1. The number of halogens is 1. The Balaban J connectivity index is 1.95. The molecule has 4 N–H and O–H groups in total. The molecule has 2 aromatic carbocycles. The standard InChI is InChI=1S/C22H26FN5O4S/c1-13-9-16(28-33(3,4)31)11-18-20(13)21(26-12-25-18)27-17-6-5-15(23)10-19(17)32-14(2)22(30)24-7-8-29/h5-6,9-12,14,29H,3,7-8H2,1-2,4H3,(H,24,30)(H,28,31)(H,25,26,27)/t14-,33?/m1/s1. The number of aryl methyl sites for hydroxylation is 1. The summed E-state index contributed by atoms with van der Waals surface area (Å²) in [4.78, 5) is 20.7. The summed E-state index contributed by atoms with van der Waals surface area (Å²) in [6.07, 6.45) is 1.94. The summed E-state index contributed by atoms with van der Waals surface area (Å²) >= 11 is 0. The number of amides is 1. The Kier molecular flexibility index (Phi) is 7.34. The summed E-state index contributed by atoms with van der Waals surface area (Å²) in [5.74, 6) is 3.19. The fourth-order valence-electron chi connectivity index (χ4n) is 3.19. The van der Waals surface area contributed by atoms with Crippen LogP contribution in [0.2, 0.25) is 0 Å². The normalized spacial score (nSPS) is 13.7. The minimum Gasteiger partial charge on any atom is -0.479 e. The highest BCUT2D eigenvalue weighted by atomic mass is 32.2. The van der Waals surface area contributed by atoms with Gasteiger partial charge in [-0.3, -0.25) is 4.79 Å². The molecule has 33 heavy (non-hydrogen) atoms. The third-order valence-corrected chi connectivity index (χ3v) is 5.22. The number of rotatable bonds is 9. The summed E-state index contributed by atoms with van der Waals surface area (Å²) in [5.41, 5.74) is 2.41. The van der Waals surface area contributed by atoms with Gasteiger partial charge in [-0.05, 0) is 49.5 Å². The van der Waals surface area contributed by atoms with Crippen LogP contribution in [0.15, 0.2) is 36.7 Å². The second-order valence-electron chi connectivity index (χ2n) is 7.56. The lowest BCUT2D eigenvalue weighted by Gasteiger charge is -2.19. The van der Waals surface area contributed by atoms with Gasteiger partial charge in [-0.2, -0.15) is 0 Å². The van der Waals surface area contributed by atoms with Crippen LogP contribution in [0.4, 0.5) is 21.6 Å². The lowest BCUT2D eigenvalue weighted by Crippen LogP contribution is -2.37. The Bertz CT molecular complexity index is 1280. The highest BCUT2D eigenvalue weighted by Crippen LogP contribution is 2.33. The molecule has 2 atom stereocenters. The number of nitrogens with zero attached hydrogens (tertiary/aromatic N) is 2. The van der Waals surface area contributed by atoms with Crippen LogP contribution in [0.5, 0.6) is 5.75 Å². The number of fused-ring (bicyclic) bond motifs is 1. The monoisotopic (exact) mass is 475 g/mol. The number of carbonyl (C=O) groups excluding carboxylic acids is 1. The van der Waals surface area contributed by atoms with E-state index in [1.165, 1.54) is 37.7 Å². The lowest BCUT2D eigenvalue weighted by molar-refractivity contribution is -0.127. The van der Waals surface area contributed by atoms with E-state index in [-0.39, 0.29) is 18.9 Å². The van der Waals surface area contributed by atoms with Crippen molar-refractivity contribution < 1.29 is 23.2 Å². The summed E-state index contributed by atoms with van der Waals surface area (Å²) in [5, 5.41) is 15.2. The second-order valence-corrected chi connectivity index (χ2v) is 9.77. The number of hydrogen-bond acceptors (Lipinski definition) is 7. The smallest absolute Gasteiger partial charge is 0.260 e. The number of ether oxygens (including phenoxy) is 1. The van der Waals surface area contributed by atoms with Gasteiger partial charge in [0, 0.05) is 39.6 Å². The fourth-order valence-corrected chi connectivity index (χ4v) is 3.80. The van der Waals surface area contributed by atoms with Crippen molar-refractivity contribution in [3.63, 3.8) is 0 Å². The Morgan fingerprint density at radius 3 is 2.76 bits per heavy atom. The molecule has 1 unspecified atom stereocenters. The molecule has 0 saturated carbocycles. The van der Waals surface area contributed by atoms with Gasteiger partial charge in [0.05, 0.1) is 17.8 Å². The third kappa shape index (κ3) is 6.30. The quantitative estimate of drug-likeness (QED) is 0.350. The third-order valence-electron chi connectivity index (χ3n) is 4.55. The van der Waals surface area contributed by atoms with Gasteiger partial charge in [-0.15, -0.1) is 0 Å². The first kappa shape index (κ1) is 24.2. The molecule has 1 aromatic heterocycles. The number of nitrogens with one attached hydrogen (secondary N) is 3. The SMILES string of the molecule is C=S(C)(=O)Nc1cc(C)c2c(Nc3ccc(F)cc3O[C@H](C)C(=O)NCCO)ncnc2c1. The largest absolute Gasteiger partial charge is 0.479 e. The first-order chi connectivity index (χ1) is 15.6. The van der Waals surface area contributed by atoms with Crippen molar-refractivity contribution in [2.75, 3.05) is 29.4 Å². The molecule has 0 spiro atoms. The summed E-state index contributed by atoms with van der Waals surface area (Å²) in [6.45, 7) is 3.27. The molecule has 11 heteroatoms. The molecule has 3 rings (SSSR count). The van der Waals surface area contributed by atoms with Crippen LogP contribution in [0, 0.1) is 12.7 Å².